The first-order chi connectivity index (χ1) is 7.67. The van der Waals surface area contributed by atoms with Gasteiger partial charge in [-0.15, -0.1) is 0 Å². The zero-order chi connectivity index (χ0) is 12.0. The van der Waals surface area contributed by atoms with Crippen molar-refractivity contribution in [2.45, 2.75) is 33.3 Å². The molecule has 0 bridgehead atoms. The molecule has 0 unspecified atom stereocenters. The number of halogens is 1. The maximum absolute atomic E-state index is 11.6. The van der Waals surface area contributed by atoms with Crippen LogP contribution in [0.15, 0.2) is 24.3 Å². The number of hydrogen-bond donors (Lipinski definition) is 0. The Morgan fingerprint density at radius 3 is 2.62 bits per heavy atom. The van der Waals surface area contributed by atoms with Gasteiger partial charge in [-0.1, -0.05) is 37.6 Å². The molecule has 0 amide bonds. The van der Waals surface area contributed by atoms with Crippen LogP contribution in [0.4, 0.5) is 0 Å². The third kappa shape index (κ3) is 3.86. The van der Waals surface area contributed by atoms with Gasteiger partial charge >= 0.3 is 5.97 Å². The Bertz CT molecular complexity index is 346. The summed E-state index contributed by atoms with van der Waals surface area (Å²) in [5.41, 5.74) is 0.923. The summed E-state index contributed by atoms with van der Waals surface area (Å²) in [6, 6.07) is 7.35. The first-order valence-electron chi connectivity index (χ1n) is 5.58. The molecule has 88 valence electrons. The average Bonchev–Trinajstić information content (AvgIpc) is 2.28. The highest BCUT2D eigenvalue weighted by Gasteiger charge is 2.15. The lowest BCUT2D eigenvalue weighted by Crippen LogP contribution is -2.16. The second kappa shape index (κ2) is 6.54. The zero-order valence-corrected chi connectivity index (χ0v) is 10.5. The second-order valence-corrected chi connectivity index (χ2v) is 4.19. The van der Waals surface area contributed by atoms with Crippen LogP contribution in [0.1, 0.15) is 32.3 Å². The number of esters is 1. The molecule has 0 aromatic heterocycles. The predicted octanol–water partition coefficient (Wildman–Crippen LogP) is 3.82. The van der Waals surface area contributed by atoms with Crippen LogP contribution >= 0.6 is 11.6 Å². The van der Waals surface area contributed by atoms with E-state index in [1.54, 1.807) is 6.07 Å². The molecule has 0 aliphatic heterocycles. The maximum atomic E-state index is 11.6. The van der Waals surface area contributed by atoms with Crippen LogP contribution in [-0.4, -0.2) is 5.97 Å². The van der Waals surface area contributed by atoms with E-state index in [-0.39, 0.29) is 11.9 Å². The number of carbonyl (C=O) groups is 1. The van der Waals surface area contributed by atoms with E-state index in [1.165, 1.54) is 0 Å². The minimum atomic E-state index is -0.120. The fraction of sp³-hybridized carbons (Fsp3) is 0.462. The van der Waals surface area contributed by atoms with E-state index < -0.39 is 0 Å². The molecule has 1 aromatic carbocycles. The SMILES string of the molecule is CCC(CC)C(=O)OCc1cccc(Cl)c1. The fourth-order valence-electron chi connectivity index (χ4n) is 1.52. The minimum Gasteiger partial charge on any atom is -0.461 e. The quantitative estimate of drug-likeness (QED) is 0.732. The summed E-state index contributed by atoms with van der Waals surface area (Å²) in [4.78, 5) is 11.6. The summed E-state index contributed by atoms with van der Waals surface area (Å²) in [5.74, 6) is -0.107. The number of ether oxygens (including phenoxy) is 1. The zero-order valence-electron chi connectivity index (χ0n) is 9.70. The Kier molecular flexibility index (Phi) is 5.33. The number of rotatable bonds is 5. The highest BCUT2D eigenvalue weighted by atomic mass is 35.5. The molecule has 0 spiro atoms. The van der Waals surface area contributed by atoms with Gasteiger partial charge in [0.1, 0.15) is 6.61 Å². The minimum absolute atomic E-state index is 0.0131. The molecule has 0 fully saturated rings. The van der Waals surface area contributed by atoms with Gasteiger partial charge in [0.25, 0.3) is 0 Å². The van der Waals surface area contributed by atoms with E-state index in [1.807, 2.05) is 32.0 Å². The largest absolute Gasteiger partial charge is 0.461 e. The van der Waals surface area contributed by atoms with Gasteiger partial charge in [0.2, 0.25) is 0 Å². The molecule has 0 radical (unpaired) electrons. The second-order valence-electron chi connectivity index (χ2n) is 3.75. The molecule has 1 aromatic rings. The van der Waals surface area contributed by atoms with E-state index in [0.717, 1.165) is 18.4 Å². The van der Waals surface area contributed by atoms with Gasteiger partial charge in [0.15, 0.2) is 0 Å². The van der Waals surface area contributed by atoms with E-state index in [2.05, 4.69) is 0 Å². The van der Waals surface area contributed by atoms with Gasteiger partial charge in [-0.25, -0.2) is 0 Å². The van der Waals surface area contributed by atoms with Crippen LogP contribution in [0.2, 0.25) is 5.02 Å². The summed E-state index contributed by atoms with van der Waals surface area (Å²) in [7, 11) is 0. The average molecular weight is 241 g/mol. The van der Waals surface area contributed by atoms with Crippen LogP contribution in [0.3, 0.4) is 0 Å². The summed E-state index contributed by atoms with van der Waals surface area (Å²) >= 11 is 5.84. The lowest BCUT2D eigenvalue weighted by molar-refractivity contribution is -0.150. The van der Waals surface area contributed by atoms with Crippen molar-refractivity contribution in [3.63, 3.8) is 0 Å². The first-order valence-corrected chi connectivity index (χ1v) is 5.96. The van der Waals surface area contributed by atoms with Gasteiger partial charge in [-0.05, 0) is 30.5 Å². The molecule has 0 N–H and O–H groups in total. The molecule has 0 aliphatic rings. The van der Waals surface area contributed by atoms with Gasteiger partial charge in [0, 0.05) is 5.02 Å². The highest BCUT2D eigenvalue weighted by Crippen LogP contribution is 2.14. The van der Waals surface area contributed by atoms with Crippen LogP contribution < -0.4 is 0 Å². The van der Waals surface area contributed by atoms with Crippen molar-refractivity contribution >= 4 is 17.6 Å². The molecule has 2 nitrogen and oxygen atoms in total. The van der Waals surface area contributed by atoms with Crippen molar-refractivity contribution < 1.29 is 9.53 Å². The van der Waals surface area contributed by atoms with Gasteiger partial charge in [0.05, 0.1) is 5.92 Å². The van der Waals surface area contributed by atoms with Gasteiger partial charge < -0.3 is 4.74 Å². The summed E-state index contributed by atoms with van der Waals surface area (Å²) in [6.07, 6.45) is 1.65. The summed E-state index contributed by atoms with van der Waals surface area (Å²) < 4.78 is 5.23. The van der Waals surface area contributed by atoms with E-state index >= 15 is 0 Å². The van der Waals surface area contributed by atoms with Crippen LogP contribution in [0.25, 0.3) is 0 Å². The topological polar surface area (TPSA) is 26.3 Å². The standard InChI is InChI=1S/C13H17ClO2/c1-3-11(4-2)13(15)16-9-10-6-5-7-12(14)8-10/h5-8,11H,3-4,9H2,1-2H3. The molecule has 0 aliphatic carbocycles. The van der Waals surface area contributed by atoms with Crippen molar-refractivity contribution in [3.8, 4) is 0 Å². The van der Waals surface area contributed by atoms with Crippen LogP contribution in [0, 0.1) is 5.92 Å². The lowest BCUT2D eigenvalue weighted by Gasteiger charge is -2.11. The predicted molar refractivity (Wildman–Crippen MR) is 65.3 cm³/mol. The van der Waals surface area contributed by atoms with Crippen molar-refractivity contribution in [1.29, 1.82) is 0 Å². The van der Waals surface area contributed by atoms with Crippen molar-refractivity contribution in [3.05, 3.63) is 34.9 Å². The van der Waals surface area contributed by atoms with Gasteiger partial charge in [-0.2, -0.15) is 0 Å². The normalized spacial score (nSPS) is 10.5. The fourth-order valence-corrected chi connectivity index (χ4v) is 1.73. The Hall–Kier alpha value is -1.02. The smallest absolute Gasteiger partial charge is 0.309 e. The van der Waals surface area contributed by atoms with Gasteiger partial charge in [-0.3, -0.25) is 4.79 Å². The molecule has 16 heavy (non-hydrogen) atoms. The van der Waals surface area contributed by atoms with Crippen LogP contribution in [0.5, 0.6) is 0 Å². The van der Waals surface area contributed by atoms with E-state index in [0.29, 0.717) is 11.6 Å². The summed E-state index contributed by atoms with van der Waals surface area (Å²) in [6.45, 7) is 4.29. The van der Waals surface area contributed by atoms with Crippen molar-refractivity contribution in [2.75, 3.05) is 0 Å². The maximum Gasteiger partial charge on any atom is 0.309 e. The Balaban J connectivity index is 2.48. The Labute approximate surface area is 102 Å². The van der Waals surface area contributed by atoms with Crippen LogP contribution in [-0.2, 0) is 16.1 Å². The molecule has 0 atom stereocenters. The number of hydrogen-bond acceptors (Lipinski definition) is 2. The molecule has 1 rings (SSSR count). The highest BCUT2D eigenvalue weighted by molar-refractivity contribution is 6.30. The van der Waals surface area contributed by atoms with E-state index in [4.69, 9.17) is 16.3 Å². The number of benzene rings is 1. The van der Waals surface area contributed by atoms with Crippen molar-refractivity contribution in [1.82, 2.24) is 0 Å². The lowest BCUT2D eigenvalue weighted by atomic mass is 10.0. The monoisotopic (exact) mass is 240 g/mol. The van der Waals surface area contributed by atoms with Crippen molar-refractivity contribution in [2.24, 2.45) is 5.92 Å². The molecular weight excluding hydrogens is 224 g/mol. The summed E-state index contributed by atoms with van der Waals surface area (Å²) in [5, 5.41) is 0.663. The molecule has 0 saturated carbocycles. The Morgan fingerprint density at radius 2 is 2.06 bits per heavy atom. The number of carbonyl (C=O) groups excluding carboxylic acids is 1. The third-order valence-corrected chi connectivity index (χ3v) is 2.82. The van der Waals surface area contributed by atoms with E-state index in [9.17, 15) is 4.79 Å². The molecular formula is C13H17ClO2. The first kappa shape index (κ1) is 13.0. The molecule has 0 saturated heterocycles. The Morgan fingerprint density at radius 1 is 1.38 bits per heavy atom. The third-order valence-electron chi connectivity index (χ3n) is 2.59. The molecule has 3 heteroatoms. The molecule has 0 heterocycles.